The fourth-order valence-corrected chi connectivity index (χ4v) is 2.62. The maximum absolute atomic E-state index is 12.0. The molecule has 0 amide bonds. The van der Waals surface area contributed by atoms with Crippen LogP contribution in [0.5, 0.6) is 0 Å². The van der Waals surface area contributed by atoms with Gasteiger partial charge in [-0.25, -0.2) is 4.98 Å². The molecule has 1 N–H and O–H groups in total. The Morgan fingerprint density at radius 1 is 1.40 bits per heavy atom. The Kier molecular flexibility index (Phi) is 4.99. The predicted molar refractivity (Wildman–Crippen MR) is 78.5 cm³/mol. The number of thioether (sulfide) groups is 1. The lowest BCUT2D eigenvalue weighted by Gasteiger charge is -2.06. The summed E-state index contributed by atoms with van der Waals surface area (Å²) in [7, 11) is 0. The molecule has 0 saturated heterocycles. The number of benzene rings is 1. The quantitative estimate of drug-likeness (QED) is 0.501. The minimum atomic E-state index is -0.123. The summed E-state index contributed by atoms with van der Waals surface area (Å²) in [6, 6.07) is 9.12. The Morgan fingerprint density at radius 2 is 2.15 bits per heavy atom. The number of ketones is 1. The van der Waals surface area contributed by atoms with E-state index in [1.54, 1.807) is 22.9 Å². The largest absolute Gasteiger partial charge is 0.390 e. The summed E-state index contributed by atoms with van der Waals surface area (Å²) < 4.78 is 1.74. The minimum Gasteiger partial charge on any atom is -0.390 e. The fraction of sp³-hybridized carbons (Fsp3) is 0.200. The number of hydrogen-bond acceptors (Lipinski definition) is 4. The molecule has 0 aliphatic rings. The highest BCUT2D eigenvalue weighted by Gasteiger charge is 2.12. The van der Waals surface area contributed by atoms with E-state index in [0.717, 1.165) is 0 Å². The summed E-state index contributed by atoms with van der Waals surface area (Å²) >= 11 is 1.32. The molecule has 0 radical (unpaired) electrons. The number of carbonyl (C=O) groups excluding carboxylic acids is 1. The minimum absolute atomic E-state index is 0.0383. The van der Waals surface area contributed by atoms with Gasteiger partial charge < -0.3 is 9.67 Å². The molecule has 0 saturated carbocycles. The van der Waals surface area contributed by atoms with Crippen molar-refractivity contribution in [1.82, 2.24) is 9.55 Å². The molecular weight excluding hydrogens is 272 g/mol. The zero-order valence-corrected chi connectivity index (χ0v) is 11.6. The number of imidazole rings is 1. The number of nitrogens with zero attached hydrogens (tertiary/aromatic N) is 2. The van der Waals surface area contributed by atoms with Crippen molar-refractivity contribution in [2.75, 3.05) is 5.75 Å². The predicted octanol–water partition coefficient (Wildman–Crippen LogP) is 1.98. The van der Waals surface area contributed by atoms with Gasteiger partial charge in [-0.2, -0.15) is 0 Å². The van der Waals surface area contributed by atoms with Crippen LogP contribution in [0.3, 0.4) is 0 Å². The van der Waals surface area contributed by atoms with Crippen LogP contribution >= 0.6 is 11.8 Å². The van der Waals surface area contributed by atoms with E-state index in [2.05, 4.69) is 10.9 Å². The SMILES string of the molecule is C#CCn1c(CO)cnc1SCC(=O)c1ccccc1. The molecule has 0 fully saturated rings. The van der Waals surface area contributed by atoms with Gasteiger partial charge in [0.1, 0.15) is 0 Å². The molecule has 0 spiro atoms. The molecule has 0 aliphatic heterocycles. The summed E-state index contributed by atoms with van der Waals surface area (Å²) in [5.41, 5.74) is 1.33. The highest BCUT2D eigenvalue weighted by Crippen LogP contribution is 2.20. The van der Waals surface area contributed by atoms with Crippen molar-refractivity contribution in [2.24, 2.45) is 0 Å². The second-order valence-corrected chi connectivity index (χ2v) is 5.00. The lowest BCUT2D eigenvalue weighted by Crippen LogP contribution is -2.06. The van der Waals surface area contributed by atoms with Crippen LogP contribution in [-0.2, 0) is 13.2 Å². The smallest absolute Gasteiger partial charge is 0.173 e. The Hall–Kier alpha value is -2.03. The van der Waals surface area contributed by atoms with Gasteiger partial charge in [-0.05, 0) is 0 Å². The van der Waals surface area contributed by atoms with Crippen molar-refractivity contribution < 1.29 is 9.90 Å². The molecule has 0 unspecified atom stereocenters. The summed E-state index contributed by atoms with van der Waals surface area (Å²) in [5.74, 6) is 2.84. The van der Waals surface area contributed by atoms with Gasteiger partial charge >= 0.3 is 0 Å². The van der Waals surface area contributed by atoms with E-state index in [4.69, 9.17) is 6.42 Å². The van der Waals surface area contributed by atoms with Crippen molar-refractivity contribution in [2.45, 2.75) is 18.3 Å². The first-order valence-corrected chi connectivity index (χ1v) is 7.04. The first-order valence-electron chi connectivity index (χ1n) is 6.06. The maximum atomic E-state index is 12.0. The lowest BCUT2D eigenvalue weighted by atomic mass is 10.2. The Bertz CT molecular complexity index is 629. The fourth-order valence-electron chi connectivity index (χ4n) is 1.73. The normalized spacial score (nSPS) is 10.2. The Morgan fingerprint density at radius 3 is 2.80 bits per heavy atom. The number of aromatic nitrogens is 2. The van der Waals surface area contributed by atoms with Gasteiger partial charge in [0.15, 0.2) is 10.9 Å². The third-order valence-corrected chi connectivity index (χ3v) is 3.73. The molecule has 5 heteroatoms. The highest BCUT2D eigenvalue weighted by molar-refractivity contribution is 7.99. The highest BCUT2D eigenvalue weighted by atomic mass is 32.2. The van der Waals surface area contributed by atoms with Crippen molar-refractivity contribution >= 4 is 17.5 Å². The van der Waals surface area contributed by atoms with Crippen LogP contribution in [0.2, 0.25) is 0 Å². The molecule has 1 heterocycles. The number of rotatable bonds is 6. The van der Waals surface area contributed by atoms with Crippen molar-refractivity contribution in [3.05, 3.63) is 47.8 Å². The van der Waals surface area contributed by atoms with Gasteiger partial charge in [-0.1, -0.05) is 48.0 Å². The first kappa shape index (κ1) is 14.4. The van der Waals surface area contributed by atoms with E-state index >= 15 is 0 Å². The Balaban J connectivity index is 2.06. The monoisotopic (exact) mass is 286 g/mol. The third kappa shape index (κ3) is 3.29. The molecule has 2 aromatic rings. The van der Waals surface area contributed by atoms with Crippen LogP contribution in [0.4, 0.5) is 0 Å². The summed E-state index contributed by atoms with van der Waals surface area (Å²) in [6.45, 7) is 0.208. The zero-order chi connectivity index (χ0) is 14.4. The van der Waals surface area contributed by atoms with E-state index < -0.39 is 0 Å². The molecule has 0 aliphatic carbocycles. The van der Waals surface area contributed by atoms with Gasteiger partial charge in [0.05, 0.1) is 30.8 Å². The molecule has 1 aromatic carbocycles. The van der Waals surface area contributed by atoms with E-state index in [-0.39, 0.29) is 18.1 Å². The summed E-state index contributed by atoms with van der Waals surface area (Å²) in [4.78, 5) is 16.2. The number of Topliss-reactive ketones (excluding diaryl/α,β-unsaturated/α-hetero) is 1. The third-order valence-electron chi connectivity index (χ3n) is 2.74. The molecule has 20 heavy (non-hydrogen) atoms. The summed E-state index contributed by atoms with van der Waals surface area (Å²) in [5, 5.41) is 9.86. The van der Waals surface area contributed by atoms with Crippen molar-refractivity contribution in [1.29, 1.82) is 0 Å². The molecule has 0 atom stereocenters. The van der Waals surface area contributed by atoms with Gasteiger partial charge in [-0.15, -0.1) is 6.42 Å². The average molecular weight is 286 g/mol. The van der Waals surface area contributed by atoms with Crippen LogP contribution in [0.1, 0.15) is 16.1 Å². The van der Waals surface area contributed by atoms with E-state index in [0.29, 0.717) is 23.0 Å². The first-order chi connectivity index (χ1) is 9.76. The second kappa shape index (κ2) is 6.94. The number of aliphatic hydroxyl groups is 1. The summed E-state index contributed by atoms with van der Waals surface area (Å²) in [6.07, 6.45) is 6.88. The van der Waals surface area contributed by atoms with E-state index in [1.165, 1.54) is 11.8 Å². The molecular formula is C15H14N2O2S. The van der Waals surface area contributed by atoms with Gasteiger partial charge in [0.2, 0.25) is 0 Å². The molecule has 4 nitrogen and oxygen atoms in total. The molecule has 1 aromatic heterocycles. The van der Waals surface area contributed by atoms with Crippen molar-refractivity contribution in [3.8, 4) is 12.3 Å². The van der Waals surface area contributed by atoms with Crippen LogP contribution in [0, 0.1) is 12.3 Å². The van der Waals surface area contributed by atoms with Gasteiger partial charge in [0.25, 0.3) is 0 Å². The molecule has 2 rings (SSSR count). The number of aliphatic hydroxyl groups excluding tert-OH is 1. The molecule has 0 bridgehead atoms. The second-order valence-electron chi connectivity index (χ2n) is 4.06. The number of hydrogen-bond donors (Lipinski definition) is 1. The van der Waals surface area contributed by atoms with Gasteiger partial charge in [-0.3, -0.25) is 4.79 Å². The Labute approximate surface area is 121 Å². The van der Waals surface area contributed by atoms with Crippen LogP contribution in [0.25, 0.3) is 0 Å². The van der Waals surface area contributed by atoms with Crippen molar-refractivity contribution in [3.63, 3.8) is 0 Å². The van der Waals surface area contributed by atoms with Crippen LogP contribution in [0.15, 0.2) is 41.7 Å². The maximum Gasteiger partial charge on any atom is 0.173 e. The van der Waals surface area contributed by atoms with Gasteiger partial charge in [0, 0.05) is 5.56 Å². The molecule has 102 valence electrons. The topological polar surface area (TPSA) is 55.1 Å². The standard InChI is InChI=1S/C15H14N2O2S/c1-2-8-17-13(10-18)9-16-15(17)20-11-14(19)12-6-4-3-5-7-12/h1,3-7,9,18H,8,10-11H2. The number of carbonyl (C=O) groups is 1. The van der Waals surface area contributed by atoms with Crippen LogP contribution < -0.4 is 0 Å². The van der Waals surface area contributed by atoms with E-state index in [9.17, 15) is 9.90 Å². The number of terminal acetylenes is 1. The average Bonchev–Trinajstić information content (AvgIpc) is 2.88. The van der Waals surface area contributed by atoms with Crippen LogP contribution in [-0.4, -0.2) is 26.2 Å². The lowest BCUT2D eigenvalue weighted by molar-refractivity contribution is 0.102. The zero-order valence-electron chi connectivity index (χ0n) is 10.8. The van der Waals surface area contributed by atoms with E-state index in [1.807, 2.05) is 18.2 Å².